The molecule has 0 aliphatic heterocycles. The van der Waals surface area contributed by atoms with Crippen molar-refractivity contribution in [1.82, 2.24) is 5.32 Å². The van der Waals surface area contributed by atoms with Crippen LogP contribution in [0.4, 0.5) is 0 Å². The first-order valence-corrected chi connectivity index (χ1v) is 8.06. The third-order valence-corrected chi connectivity index (χ3v) is 4.79. The van der Waals surface area contributed by atoms with Crippen LogP contribution in [0.2, 0.25) is 0 Å². The van der Waals surface area contributed by atoms with Gasteiger partial charge in [-0.2, -0.15) is 0 Å². The summed E-state index contributed by atoms with van der Waals surface area (Å²) >= 11 is 5.24. The highest BCUT2D eigenvalue weighted by Gasteiger charge is 2.19. The number of hydrogen-bond donors (Lipinski definition) is 1. The topological polar surface area (TPSA) is 30.5 Å². The summed E-state index contributed by atoms with van der Waals surface area (Å²) in [6, 6.07) is 8.20. The van der Waals surface area contributed by atoms with Crippen LogP contribution >= 0.6 is 27.3 Å². The van der Waals surface area contributed by atoms with Gasteiger partial charge in [-0.25, -0.2) is 0 Å². The summed E-state index contributed by atoms with van der Waals surface area (Å²) in [5.41, 5.74) is 1.12. The average Bonchev–Trinajstić information content (AvgIpc) is 2.90. The first-order valence-electron chi connectivity index (χ1n) is 6.38. The molecule has 1 aromatic carbocycles. The van der Waals surface area contributed by atoms with Crippen LogP contribution in [0.3, 0.4) is 0 Å². The Morgan fingerprint density at radius 3 is 2.60 bits per heavy atom. The van der Waals surface area contributed by atoms with E-state index in [1.807, 2.05) is 12.1 Å². The van der Waals surface area contributed by atoms with Gasteiger partial charge in [-0.05, 0) is 40.7 Å². The highest BCUT2D eigenvalue weighted by atomic mass is 79.9. The second kappa shape index (κ2) is 7.11. The fourth-order valence-corrected chi connectivity index (χ4v) is 3.64. The maximum Gasteiger partial charge on any atom is 0.127 e. The molecule has 2 aromatic rings. The fraction of sp³-hybridized carbons (Fsp3) is 0.333. The van der Waals surface area contributed by atoms with Crippen molar-refractivity contribution < 1.29 is 9.47 Å². The normalized spacial score (nSPS) is 12.2. The van der Waals surface area contributed by atoms with Crippen molar-refractivity contribution in [3.63, 3.8) is 0 Å². The molecule has 0 fully saturated rings. The Bertz CT molecular complexity index is 571. The van der Waals surface area contributed by atoms with Gasteiger partial charge in [0.15, 0.2) is 0 Å². The number of nitrogens with one attached hydrogen (secondary N) is 1. The molecule has 0 spiro atoms. The van der Waals surface area contributed by atoms with E-state index in [0.29, 0.717) is 0 Å². The van der Waals surface area contributed by atoms with Crippen molar-refractivity contribution in [3.8, 4) is 11.5 Å². The van der Waals surface area contributed by atoms with E-state index in [1.165, 1.54) is 4.88 Å². The molecule has 20 heavy (non-hydrogen) atoms. The summed E-state index contributed by atoms with van der Waals surface area (Å²) in [6.45, 7) is 2.99. The molecule has 1 aromatic heterocycles. The van der Waals surface area contributed by atoms with Gasteiger partial charge >= 0.3 is 0 Å². The Kier molecular flexibility index (Phi) is 5.46. The van der Waals surface area contributed by atoms with Gasteiger partial charge in [0, 0.05) is 26.4 Å². The number of hydrogen-bond acceptors (Lipinski definition) is 4. The molecule has 1 N–H and O–H groups in total. The summed E-state index contributed by atoms with van der Waals surface area (Å²) in [4.78, 5) is 1.25. The Hall–Kier alpha value is -1.04. The van der Waals surface area contributed by atoms with Crippen molar-refractivity contribution in [3.05, 3.63) is 44.6 Å². The van der Waals surface area contributed by atoms with Crippen molar-refractivity contribution >= 4 is 27.3 Å². The van der Waals surface area contributed by atoms with Crippen LogP contribution in [0, 0.1) is 0 Å². The third-order valence-electron chi connectivity index (χ3n) is 3.03. The summed E-state index contributed by atoms with van der Waals surface area (Å²) in [5.74, 6) is 1.63. The van der Waals surface area contributed by atoms with Crippen LogP contribution in [0.1, 0.15) is 23.4 Å². The number of ether oxygens (including phenoxy) is 2. The van der Waals surface area contributed by atoms with Gasteiger partial charge in [-0.15, -0.1) is 11.3 Å². The number of thiophene rings is 1. The molecule has 2 rings (SSSR count). The van der Waals surface area contributed by atoms with Crippen LogP contribution < -0.4 is 14.8 Å². The van der Waals surface area contributed by atoms with Crippen LogP contribution in [0.15, 0.2) is 34.1 Å². The van der Waals surface area contributed by atoms with Crippen molar-refractivity contribution in [2.45, 2.75) is 13.0 Å². The minimum atomic E-state index is 0.122. The van der Waals surface area contributed by atoms with Crippen molar-refractivity contribution in [1.29, 1.82) is 0 Å². The number of methoxy groups -OCH3 is 2. The van der Waals surface area contributed by atoms with Crippen LogP contribution in [-0.2, 0) is 0 Å². The van der Waals surface area contributed by atoms with Crippen LogP contribution in [-0.4, -0.2) is 20.8 Å². The van der Waals surface area contributed by atoms with Gasteiger partial charge in [0.05, 0.1) is 20.3 Å². The quantitative estimate of drug-likeness (QED) is 0.840. The van der Waals surface area contributed by atoms with Gasteiger partial charge in [-0.3, -0.25) is 0 Å². The SMILES string of the molecule is CCNC(c1cc(Br)cs1)c1ccc(OC)cc1OC. The predicted molar refractivity (Wildman–Crippen MR) is 87.1 cm³/mol. The first kappa shape index (κ1) is 15.4. The van der Waals surface area contributed by atoms with E-state index in [1.54, 1.807) is 25.6 Å². The highest BCUT2D eigenvalue weighted by Crippen LogP contribution is 2.36. The lowest BCUT2D eigenvalue weighted by atomic mass is 10.0. The molecule has 0 radical (unpaired) electrons. The minimum Gasteiger partial charge on any atom is -0.497 e. The highest BCUT2D eigenvalue weighted by molar-refractivity contribution is 9.10. The third kappa shape index (κ3) is 3.34. The van der Waals surface area contributed by atoms with Crippen LogP contribution in [0.25, 0.3) is 0 Å². The monoisotopic (exact) mass is 355 g/mol. The Balaban J connectivity index is 2.43. The summed E-state index contributed by atoms with van der Waals surface area (Å²) < 4.78 is 11.9. The summed E-state index contributed by atoms with van der Waals surface area (Å²) in [6.07, 6.45) is 0. The molecule has 3 nitrogen and oxygen atoms in total. The number of benzene rings is 1. The van der Waals surface area contributed by atoms with Gasteiger partial charge in [0.2, 0.25) is 0 Å². The number of rotatable bonds is 6. The van der Waals surface area contributed by atoms with Crippen molar-refractivity contribution in [2.24, 2.45) is 0 Å². The lowest BCUT2D eigenvalue weighted by molar-refractivity contribution is 0.388. The number of halogens is 1. The van der Waals surface area contributed by atoms with Gasteiger partial charge in [-0.1, -0.05) is 6.92 Å². The zero-order chi connectivity index (χ0) is 14.5. The standard InChI is InChI=1S/C15H18BrNO2S/c1-4-17-15(14-7-10(16)9-20-14)12-6-5-11(18-2)8-13(12)19-3/h5-9,15,17H,4H2,1-3H3. The van der Waals surface area contributed by atoms with E-state index >= 15 is 0 Å². The van der Waals surface area contributed by atoms with Crippen molar-refractivity contribution in [2.75, 3.05) is 20.8 Å². The zero-order valence-corrected chi connectivity index (χ0v) is 14.2. The zero-order valence-electron chi connectivity index (χ0n) is 11.8. The second-order valence-corrected chi connectivity index (χ2v) is 6.12. The van der Waals surface area contributed by atoms with Gasteiger partial charge < -0.3 is 14.8 Å². The van der Waals surface area contributed by atoms with E-state index in [9.17, 15) is 0 Å². The molecule has 1 heterocycles. The Morgan fingerprint density at radius 1 is 1.25 bits per heavy atom. The smallest absolute Gasteiger partial charge is 0.127 e. The van der Waals surface area contributed by atoms with E-state index in [0.717, 1.165) is 28.1 Å². The second-order valence-electron chi connectivity index (χ2n) is 4.27. The minimum absolute atomic E-state index is 0.122. The molecule has 1 unspecified atom stereocenters. The molecule has 0 aliphatic rings. The molecule has 108 valence electrons. The summed E-state index contributed by atoms with van der Waals surface area (Å²) in [5, 5.41) is 5.60. The summed E-state index contributed by atoms with van der Waals surface area (Å²) in [7, 11) is 3.35. The van der Waals surface area contributed by atoms with Crippen LogP contribution in [0.5, 0.6) is 11.5 Å². The Labute approximate surface area is 132 Å². The fourth-order valence-electron chi connectivity index (χ4n) is 2.10. The lowest BCUT2D eigenvalue weighted by Crippen LogP contribution is -2.21. The largest absolute Gasteiger partial charge is 0.497 e. The molecular formula is C15H18BrNO2S. The predicted octanol–water partition coefficient (Wildman–Crippen LogP) is 4.23. The first-order chi connectivity index (χ1) is 9.69. The van der Waals surface area contributed by atoms with E-state index in [4.69, 9.17) is 9.47 Å². The van der Waals surface area contributed by atoms with Gasteiger partial charge in [0.1, 0.15) is 11.5 Å². The molecule has 0 aliphatic carbocycles. The molecule has 0 bridgehead atoms. The maximum absolute atomic E-state index is 5.52. The van der Waals surface area contributed by atoms with E-state index in [-0.39, 0.29) is 6.04 Å². The average molecular weight is 356 g/mol. The molecule has 0 saturated carbocycles. The molecular weight excluding hydrogens is 338 g/mol. The lowest BCUT2D eigenvalue weighted by Gasteiger charge is -2.20. The maximum atomic E-state index is 5.52. The molecule has 0 amide bonds. The molecule has 0 saturated heterocycles. The van der Waals surface area contributed by atoms with E-state index in [2.05, 4.69) is 45.7 Å². The van der Waals surface area contributed by atoms with E-state index < -0.39 is 0 Å². The molecule has 1 atom stereocenters. The molecule has 5 heteroatoms. The Morgan fingerprint density at radius 2 is 2.05 bits per heavy atom. The van der Waals surface area contributed by atoms with Gasteiger partial charge in [0.25, 0.3) is 0 Å².